The molecule has 0 radical (unpaired) electrons. The summed E-state index contributed by atoms with van der Waals surface area (Å²) in [4.78, 5) is 13.4. The zero-order valence-electron chi connectivity index (χ0n) is 22.3. The third-order valence-electron chi connectivity index (χ3n) is 6.79. The Morgan fingerprint density at radius 1 is 0.872 bits per heavy atom. The van der Waals surface area contributed by atoms with Gasteiger partial charge in [-0.1, -0.05) is 30.7 Å². The molecule has 9 nitrogen and oxygen atoms in total. The van der Waals surface area contributed by atoms with Gasteiger partial charge in [0.05, 0.1) is 28.3 Å². The number of methoxy groups -OCH3 is 1. The zero-order valence-corrected chi connectivity index (χ0v) is 23.9. The van der Waals surface area contributed by atoms with E-state index in [0.717, 1.165) is 34.7 Å². The van der Waals surface area contributed by atoms with Crippen molar-refractivity contribution in [1.29, 1.82) is 0 Å². The summed E-state index contributed by atoms with van der Waals surface area (Å²) < 4.78 is 61.6. The van der Waals surface area contributed by atoms with Gasteiger partial charge in [-0.25, -0.2) is 16.8 Å². The van der Waals surface area contributed by atoms with Crippen LogP contribution >= 0.6 is 0 Å². The predicted molar refractivity (Wildman–Crippen MR) is 151 cm³/mol. The van der Waals surface area contributed by atoms with Crippen LogP contribution < -0.4 is 14.4 Å². The van der Waals surface area contributed by atoms with Crippen molar-refractivity contribution in [3.63, 3.8) is 0 Å². The van der Waals surface area contributed by atoms with Crippen LogP contribution in [0.15, 0.2) is 76.5 Å². The minimum atomic E-state index is -4.09. The Morgan fingerprint density at radius 3 is 2.21 bits per heavy atom. The number of rotatable bonds is 9. The molecule has 1 aliphatic heterocycles. The molecule has 1 fully saturated rings. The fraction of sp³-hybridized carbons (Fsp3) is 0.321. The van der Waals surface area contributed by atoms with E-state index in [1.54, 1.807) is 36.4 Å². The van der Waals surface area contributed by atoms with Crippen molar-refractivity contribution in [2.24, 2.45) is 0 Å². The Morgan fingerprint density at radius 2 is 1.56 bits per heavy atom. The first-order valence-corrected chi connectivity index (χ1v) is 15.5. The highest BCUT2D eigenvalue weighted by atomic mass is 32.2. The number of carbonyl (C=O) groups excluding carboxylic acids is 1. The molecule has 0 saturated carbocycles. The molecule has 1 aliphatic rings. The highest BCUT2D eigenvalue weighted by Crippen LogP contribution is 2.31. The number of benzene rings is 3. The monoisotopic (exact) mass is 571 g/mol. The number of ether oxygens (including phenoxy) is 1. The van der Waals surface area contributed by atoms with E-state index in [2.05, 4.69) is 5.32 Å². The molecule has 0 spiro atoms. The normalized spacial score (nSPS) is 14.5. The Hall–Kier alpha value is -3.41. The summed E-state index contributed by atoms with van der Waals surface area (Å²) in [7, 11) is -6.45. The first kappa shape index (κ1) is 28.6. The van der Waals surface area contributed by atoms with Crippen LogP contribution in [0.25, 0.3) is 0 Å². The molecular weight excluding hydrogens is 538 g/mol. The van der Waals surface area contributed by atoms with Gasteiger partial charge < -0.3 is 10.1 Å². The molecule has 0 bridgehead atoms. The Labute approximate surface area is 230 Å². The van der Waals surface area contributed by atoms with Gasteiger partial charge in [-0.3, -0.25) is 9.10 Å². The number of hydrogen-bond donors (Lipinski definition) is 1. The molecule has 0 unspecified atom stereocenters. The lowest BCUT2D eigenvalue weighted by molar-refractivity contribution is -0.114. The molecule has 1 heterocycles. The largest absolute Gasteiger partial charge is 0.495 e. The van der Waals surface area contributed by atoms with Crippen molar-refractivity contribution in [3.05, 3.63) is 77.9 Å². The quantitative estimate of drug-likeness (QED) is 0.409. The maximum absolute atomic E-state index is 13.6. The lowest BCUT2D eigenvalue weighted by Crippen LogP contribution is -2.38. The predicted octanol–water partition coefficient (Wildman–Crippen LogP) is 4.32. The number of carbonyl (C=O) groups is 1. The van der Waals surface area contributed by atoms with Gasteiger partial charge in [0, 0.05) is 13.1 Å². The van der Waals surface area contributed by atoms with Crippen molar-refractivity contribution in [3.8, 4) is 5.75 Å². The van der Waals surface area contributed by atoms with Crippen molar-refractivity contribution in [2.75, 3.05) is 36.4 Å². The number of nitrogens with one attached hydrogen (secondary N) is 1. The molecule has 1 amide bonds. The fourth-order valence-electron chi connectivity index (χ4n) is 4.44. The second kappa shape index (κ2) is 11.8. The van der Waals surface area contributed by atoms with E-state index in [0.29, 0.717) is 18.8 Å². The third-order valence-corrected chi connectivity index (χ3v) is 10.5. The second-order valence-electron chi connectivity index (χ2n) is 9.47. The maximum Gasteiger partial charge on any atom is 0.264 e. The van der Waals surface area contributed by atoms with Gasteiger partial charge in [-0.05, 0) is 80.3 Å². The average molecular weight is 572 g/mol. The zero-order chi connectivity index (χ0) is 28.2. The summed E-state index contributed by atoms with van der Waals surface area (Å²) in [6, 6.07) is 17.3. The van der Waals surface area contributed by atoms with Crippen LogP contribution in [0, 0.1) is 13.8 Å². The van der Waals surface area contributed by atoms with E-state index >= 15 is 0 Å². The van der Waals surface area contributed by atoms with E-state index in [9.17, 15) is 21.6 Å². The fourth-order valence-corrected chi connectivity index (χ4v) is 7.41. The highest BCUT2D eigenvalue weighted by molar-refractivity contribution is 7.92. The molecule has 1 saturated heterocycles. The van der Waals surface area contributed by atoms with Crippen LogP contribution in [0.5, 0.6) is 5.75 Å². The van der Waals surface area contributed by atoms with Crippen molar-refractivity contribution < 1.29 is 26.4 Å². The molecule has 1 N–H and O–H groups in total. The topological polar surface area (TPSA) is 113 Å². The van der Waals surface area contributed by atoms with E-state index in [1.807, 2.05) is 13.8 Å². The lowest BCUT2D eigenvalue weighted by Gasteiger charge is -2.26. The molecule has 0 atom stereocenters. The minimum Gasteiger partial charge on any atom is -0.495 e. The minimum absolute atomic E-state index is 0.0309. The van der Waals surface area contributed by atoms with Crippen LogP contribution in [0.3, 0.4) is 0 Å². The highest BCUT2D eigenvalue weighted by Gasteiger charge is 2.29. The van der Waals surface area contributed by atoms with Crippen LogP contribution in [0.1, 0.15) is 30.4 Å². The van der Waals surface area contributed by atoms with Crippen molar-refractivity contribution in [2.45, 2.75) is 42.9 Å². The van der Waals surface area contributed by atoms with E-state index in [-0.39, 0.29) is 21.2 Å². The number of nitrogens with zero attached hydrogens (tertiary/aromatic N) is 2. The summed E-state index contributed by atoms with van der Waals surface area (Å²) >= 11 is 0. The number of aryl methyl sites for hydroxylation is 2. The summed E-state index contributed by atoms with van der Waals surface area (Å²) in [6.45, 7) is 4.13. The summed E-state index contributed by atoms with van der Waals surface area (Å²) in [5, 5.41) is 2.67. The molecule has 39 heavy (non-hydrogen) atoms. The second-order valence-corrected chi connectivity index (χ2v) is 13.3. The van der Waals surface area contributed by atoms with Crippen LogP contribution in [-0.4, -0.2) is 53.8 Å². The van der Waals surface area contributed by atoms with Gasteiger partial charge in [0.2, 0.25) is 15.9 Å². The molecule has 0 aromatic heterocycles. The van der Waals surface area contributed by atoms with E-state index < -0.39 is 32.5 Å². The summed E-state index contributed by atoms with van der Waals surface area (Å²) in [6.07, 6.45) is 2.57. The number of hydrogen-bond acceptors (Lipinski definition) is 6. The Kier molecular flexibility index (Phi) is 8.63. The standard InChI is InChI=1S/C28H33N3O6S2/c1-21-12-13-23(18-22(21)2)31(39(35,36)24-10-6-4-7-11-24)20-28(32)29-26-19-25(14-15-27(26)37-3)38(33,34)30-16-8-5-9-17-30/h4,6-7,10-15,18-19H,5,8-9,16-17,20H2,1-3H3,(H,29,32). The molecular formula is C28H33N3O6S2. The van der Waals surface area contributed by atoms with Crippen LogP contribution in [0.4, 0.5) is 11.4 Å². The van der Waals surface area contributed by atoms with Crippen molar-refractivity contribution >= 4 is 37.3 Å². The Bertz CT molecular complexity index is 1550. The number of sulfonamides is 2. The summed E-state index contributed by atoms with van der Waals surface area (Å²) in [5.41, 5.74) is 2.33. The maximum atomic E-state index is 13.6. The van der Waals surface area contributed by atoms with Crippen molar-refractivity contribution in [1.82, 2.24) is 4.31 Å². The lowest BCUT2D eigenvalue weighted by atomic mass is 10.1. The number of anilines is 2. The van der Waals surface area contributed by atoms with Gasteiger partial charge in [-0.2, -0.15) is 4.31 Å². The third kappa shape index (κ3) is 6.26. The number of amides is 1. The molecule has 0 aliphatic carbocycles. The van der Waals surface area contributed by atoms with Crippen LogP contribution in [-0.2, 0) is 24.8 Å². The smallest absolute Gasteiger partial charge is 0.264 e. The molecule has 208 valence electrons. The first-order valence-electron chi connectivity index (χ1n) is 12.7. The Balaban J connectivity index is 1.66. The van der Waals surface area contributed by atoms with Gasteiger partial charge in [0.1, 0.15) is 12.3 Å². The number of piperidine rings is 1. The molecule has 4 rings (SSSR count). The van der Waals surface area contributed by atoms with Gasteiger partial charge in [0.25, 0.3) is 10.0 Å². The molecule has 3 aromatic rings. The average Bonchev–Trinajstić information content (AvgIpc) is 2.94. The molecule has 11 heteroatoms. The summed E-state index contributed by atoms with van der Waals surface area (Å²) in [5.74, 6) is -0.400. The SMILES string of the molecule is COc1ccc(S(=O)(=O)N2CCCCC2)cc1NC(=O)CN(c1ccc(C)c(C)c1)S(=O)(=O)c1ccccc1. The van der Waals surface area contributed by atoms with E-state index in [4.69, 9.17) is 4.74 Å². The molecule has 3 aromatic carbocycles. The van der Waals surface area contributed by atoms with Gasteiger partial charge >= 0.3 is 0 Å². The van der Waals surface area contributed by atoms with Gasteiger partial charge in [0.15, 0.2) is 0 Å². The van der Waals surface area contributed by atoms with Crippen LogP contribution in [0.2, 0.25) is 0 Å². The van der Waals surface area contributed by atoms with E-state index in [1.165, 1.54) is 41.7 Å². The first-order chi connectivity index (χ1) is 18.5. The van der Waals surface area contributed by atoms with Gasteiger partial charge in [-0.15, -0.1) is 0 Å².